The Labute approximate surface area is 144 Å². The van der Waals surface area contributed by atoms with E-state index in [1.165, 1.54) is 25.7 Å². The van der Waals surface area contributed by atoms with Gasteiger partial charge in [-0.1, -0.05) is 42.4 Å². The fourth-order valence-electron chi connectivity index (χ4n) is 3.14. The van der Waals surface area contributed by atoms with Gasteiger partial charge in [0.2, 0.25) is 0 Å². The van der Waals surface area contributed by atoms with Gasteiger partial charge < -0.3 is 4.90 Å². The van der Waals surface area contributed by atoms with Crippen molar-refractivity contribution in [2.45, 2.75) is 25.7 Å². The molecular weight excluding hydrogens is 324 g/mol. The van der Waals surface area contributed by atoms with Crippen LogP contribution in [0.15, 0.2) is 36.7 Å². The summed E-state index contributed by atoms with van der Waals surface area (Å²) in [6, 6.07) is 10.2. The molecule has 0 spiro atoms. The molecule has 4 rings (SSSR count). The van der Waals surface area contributed by atoms with Gasteiger partial charge in [-0.2, -0.15) is 0 Å². The first-order chi connectivity index (χ1) is 11.3. The summed E-state index contributed by atoms with van der Waals surface area (Å²) in [7, 11) is 0. The van der Waals surface area contributed by atoms with Crippen LogP contribution in [-0.4, -0.2) is 27.6 Å². The number of aromatic nitrogens is 3. The van der Waals surface area contributed by atoms with Gasteiger partial charge in [-0.3, -0.25) is 4.57 Å². The van der Waals surface area contributed by atoms with E-state index in [-0.39, 0.29) is 0 Å². The van der Waals surface area contributed by atoms with Crippen molar-refractivity contribution in [1.82, 2.24) is 14.5 Å². The lowest BCUT2D eigenvalue weighted by molar-refractivity contribution is 0.726. The second kappa shape index (κ2) is 6.37. The van der Waals surface area contributed by atoms with Crippen LogP contribution in [0.4, 0.5) is 5.82 Å². The molecule has 0 saturated carbocycles. The summed E-state index contributed by atoms with van der Waals surface area (Å²) in [5.41, 5.74) is 1.98. The first-order valence-electron chi connectivity index (χ1n) is 8.01. The Morgan fingerprint density at radius 3 is 2.43 bits per heavy atom. The minimum absolute atomic E-state index is 0.822. The van der Waals surface area contributed by atoms with Crippen molar-refractivity contribution in [3.05, 3.63) is 40.6 Å². The van der Waals surface area contributed by atoms with Crippen LogP contribution < -0.4 is 4.90 Å². The fourth-order valence-corrected chi connectivity index (χ4v) is 4.55. The van der Waals surface area contributed by atoms with Crippen LogP contribution in [0.3, 0.4) is 0 Å². The quantitative estimate of drug-likeness (QED) is 0.638. The zero-order valence-electron chi connectivity index (χ0n) is 12.8. The van der Waals surface area contributed by atoms with Crippen LogP contribution in [-0.2, 0) is 0 Å². The molecule has 0 radical (unpaired) electrons. The van der Waals surface area contributed by atoms with Gasteiger partial charge in [0.15, 0.2) is 15.4 Å². The zero-order chi connectivity index (χ0) is 15.6. The van der Waals surface area contributed by atoms with Crippen LogP contribution in [0.5, 0.6) is 0 Å². The molecule has 0 unspecified atom stereocenters. The van der Waals surface area contributed by atoms with Crippen molar-refractivity contribution in [1.29, 1.82) is 0 Å². The van der Waals surface area contributed by atoms with Crippen molar-refractivity contribution >= 4 is 39.7 Å². The molecule has 1 aromatic carbocycles. The molecule has 0 N–H and O–H groups in total. The van der Waals surface area contributed by atoms with Gasteiger partial charge in [0, 0.05) is 18.8 Å². The maximum atomic E-state index is 5.62. The Morgan fingerprint density at radius 2 is 1.70 bits per heavy atom. The monoisotopic (exact) mass is 342 g/mol. The molecular formula is C17H18N4S2. The lowest BCUT2D eigenvalue weighted by atomic mass is 10.2. The van der Waals surface area contributed by atoms with Gasteiger partial charge >= 0.3 is 0 Å². The predicted octanol–water partition coefficient (Wildman–Crippen LogP) is 4.59. The zero-order valence-corrected chi connectivity index (χ0v) is 14.4. The molecule has 2 aromatic heterocycles. The number of anilines is 1. The highest BCUT2D eigenvalue weighted by molar-refractivity contribution is 7.73. The van der Waals surface area contributed by atoms with Crippen LogP contribution >= 0.6 is 23.6 Å². The third-order valence-corrected chi connectivity index (χ3v) is 5.63. The topological polar surface area (TPSA) is 34.0 Å². The maximum absolute atomic E-state index is 5.62. The van der Waals surface area contributed by atoms with E-state index in [1.54, 1.807) is 17.7 Å². The van der Waals surface area contributed by atoms with Crippen LogP contribution in [0.2, 0.25) is 0 Å². The van der Waals surface area contributed by atoms with Gasteiger partial charge in [-0.25, -0.2) is 9.97 Å². The Bertz CT molecular complexity index is 861. The number of hydrogen-bond donors (Lipinski definition) is 0. The molecule has 0 atom stereocenters. The maximum Gasteiger partial charge on any atom is 0.168 e. The molecule has 1 saturated heterocycles. The van der Waals surface area contributed by atoms with Gasteiger partial charge in [0.05, 0.1) is 0 Å². The van der Waals surface area contributed by atoms with Crippen molar-refractivity contribution in [2.24, 2.45) is 0 Å². The normalized spacial score (nSPS) is 15.7. The molecule has 6 heteroatoms. The second-order valence-electron chi connectivity index (χ2n) is 5.79. The number of benzene rings is 1. The summed E-state index contributed by atoms with van der Waals surface area (Å²) in [5.74, 6) is 1.04. The summed E-state index contributed by atoms with van der Waals surface area (Å²) >= 11 is 7.23. The molecule has 4 nitrogen and oxygen atoms in total. The number of thiazole rings is 1. The van der Waals surface area contributed by atoms with E-state index in [0.717, 1.165) is 38.9 Å². The molecule has 23 heavy (non-hydrogen) atoms. The van der Waals surface area contributed by atoms with Crippen molar-refractivity contribution in [3.63, 3.8) is 0 Å². The fraction of sp³-hybridized carbons (Fsp3) is 0.353. The highest BCUT2D eigenvalue weighted by Gasteiger charge is 2.18. The summed E-state index contributed by atoms with van der Waals surface area (Å²) in [4.78, 5) is 11.5. The van der Waals surface area contributed by atoms with E-state index in [9.17, 15) is 0 Å². The van der Waals surface area contributed by atoms with E-state index >= 15 is 0 Å². The average molecular weight is 342 g/mol. The van der Waals surface area contributed by atoms with E-state index in [1.807, 2.05) is 18.2 Å². The lowest BCUT2D eigenvalue weighted by Crippen LogP contribution is -2.25. The Hall–Kier alpha value is -1.79. The van der Waals surface area contributed by atoms with Gasteiger partial charge in [-0.05, 0) is 37.2 Å². The van der Waals surface area contributed by atoms with Crippen molar-refractivity contribution < 1.29 is 0 Å². The number of nitrogens with zero attached hydrogens (tertiary/aromatic N) is 4. The number of fused-ring (bicyclic) bond motifs is 1. The van der Waals surface area contributed by atoms with Crippen LogP contribution in [0.25, 0.3) is 16.0 Å². The summed E-state index contributed by atoms with van der Waals surface area (Å²) < 4.78 is 3.98. The van der Waals surface area contributed by atoms with Crippen molar-refractivity contribution in [2.75, 3.05) is 18.0 Å². The highest BCUT2D eigenvalue weighted by atomic mass is 32.1. The van der Waals surface area contributed by atoms with Crippen molar-refractivity contribution in [3.8, 4) is 5.69 Å². The minimum Gasteiger partial charge on any atom is -0.355 e. The Kier molecular flexibility index (Phi) is 4.10. The van der Waals surface area contributed by atoms with Gasteiger partial charge in [0.25, 0.3) is 0 Å². The molecule has 118 valence electrons. The Morgan fingerprint density at radius 1 is 0.957 bits per heavy atom. The molecule has 1 fully saturated rings. The summed E-state index contributed by atoms with van der Waals surface area (Å²) in [6.45, 7) is 2.14. The summed E-state index contributed by atoms with van der Waals surface area (Å²) in [5, 5.41) is 0. The molecule has 3 aromatic rings. The number of para-hydroxylation sites is 1. The largest absolute Gasteiger partial charge is 0.355 e. The third-order valence-electron chi connectivity index (χ3n) is 4.27. The summed E-state index contributed by atoms with van der Waals surface area (Å²) in [6.07, 6.45) is 6.76. The molecule has 3 heterocycles. The van der Waals surface area contributed by atoms with E-state index in [4.69, 9.17) is 12.2 Å². The van der Waals surface area contributed by atoms with Gasteiger partial charge in [0.1, 0.15) is 11.0 Å². The molecule has 0 amide bonds. The van der Waals surface area contributed by atoms with Crippen LogP contribution in [0, 0.1) is 3.95 Å². The Balaban J connectivity index is 1.87. The van der Waals surface area contributed by atoms with E-state index < -0.39 is 0 Å². The smallest absolute Gasteiger partial charge is 0.168 e. The lowest BCUT2D eigenvalue weighted by Gasteiger charge is -2.21. The molecule has 0 aliphatic carbocycles. The number of hydrogen-bond acceptors (Lipinski definition) is 5. The average Bonchev–Trinajstić information content (AvgIpc) is 2.76. The van der Waals surface area contributed by atoms with Crippen LogP contribution in [0.1, 0.15) is 25.7 Å². The number of rotatable bonds is 2. The minimum atomic E-state index is 0.822. The molecule has 1 aliphatic heterocycles. The standard InChI is InChI=1S/C17H18N4S2/c22-17-21(13-8-4-3-5-9-13)16-14(23-17)15(18-12-19-16)20-10-6-1-2-7-11-20/h3-5,8-9,12H,1-2,6-7,10-11H2. The first kappa shape index (κ1) is 14.8. The molecule has 0 bridgehead atoms. The SMILES string of the molecule is S=c1sc2c(N3CCCCCC3)ncnc2n1-c1ccccc1. The predicted molar refractivity (Wildman–Crippen MR) is 98.3 cm³/mol. The second-order valence-corrected chi connectivity index (χ2v) is 7.43. The van der Waals surface area contributed by atoms with E-state index in [0.29, 0.717) is 0 Å². The third kappa shape index (κ3) is 2.77. The van der Waals surface area contributed by atoms with Gasteiger partial charge in [-0.15, -0.1) is 0 Å². The first-order valence-corrected chi connectivity index (χ1v) is 9.24. The highest BCUT2D eigenvalue weighted by Crippen LogP contribution is 2.32. The van der Waals surface area contributed by atoms with E-state index in [2.05, 4.69) is 31.6 Å². The molecule has 1 aliphatic rings.